The van der Waals surface area contributed by atoms with Crippen molar-refractivity contribution in [3.05, 3.63) is 0 Å². The summed E-state index contributed by atoms with van der Waals surface area (Å²) in [4.78, 5) is 21.6. The van der Waals surface area contributed by atoms with Crippen LogP contribution < -0.4 is 0 Å². The third kappa shape index (κ3) is 1.50. The van der Waals surface area contributed by atoms with Crippen molar-refractivity contribution in [3.8, 4) is 0 Å². The summed E-state index contributed by atoms with van der Waals surface area (Å²) in [5.41, 5.74) is 0. The molecule has 0 radical (unpaired) electrons. The molecule has 1 heterocycles. The lowest BCUT2D eigenvalue weighted by molar-refractivity contribution is -0.159. The first kappa shape index (κ1) is 8.04. The topological polar surface area (TPSA) is 52.6 Å². The van der Waals surface area contributed by atoms with Crippen molar-refractivity contribution in [1.82, 2.24) is 0 Å². The maximum absolute atomic E-state index is 10.8. The Hall–Kier alpha value is -1.06. The minimum atomic E-state index is -0.678. The van der Waals surface area contributed by atoms with Gasteiger partial charge < -0.3 is 9.47 Å². The zero-order valence-electron chi connectivity index (χ0n) is 6.49. The van der Waals surface area contributed by atoms with E-state index in [0.717, 1.165) is 0 Å². The maximum Gasteiger partial charge on any atom is 0.347 e. The van der Waals surface area contributed by atoms with Gasteiger partial charge in [-0.2, -0.15) is 0 Å². The highest BCUT2D eigenvalue weighted by molar-refractivity contribution is 5.83. The van der Waals surface area contributed by atoms with Gasteiger partial charge in [-0.3, -0.25) is 4.79 Å². The summed E-state index contributed by atoms with van der Waals surface area (Å²) < 4.78 is 9.13. The van der Waals surface area contributed by atoms with E-state index in [1.807, 2.05) is 0 Å². The van der Waals surface area contributed by atoms with E-state index in [2.05, 4.69) is 4.74 Å². The van der Waals surface area contributed by atoms with Gasteiger partial charge in [0.05, 0.1) is 13.0 Å². The normalized spacial score (nSPS) is 29.8. The van der Waals surface area contributed by atoms with Crippen LogP contribution in [0.5, 0.6) is 0 Å². The molecule has 0 N–H and O–H groups in total. The molecule has 1 aliphatic heterocycles. The van der Waals surface area contributed by atoms with Gasteiger partial charge in [0, 0.05) is 6.42 Å². The summed E-state index contributed by atoms with van der Waals surface area (Å²) in [6.45, 7) is 1.73. The van der Waals surface area contributed by atoms with Gasteiger partial charge in [0.15, 0.2) is 6.10 Å². The predicted molar refractivity (Wildman–Crippen MR) is 35.7 cm³/mol. The average Bonchev–Trinajstić information content (AvgIpc) is 2.31. The van der Waals surface area contributed by atoms with Crippen molar-refractivity contribution in [2.75, 3.05) is 7.11 Å². The predicted octanol–water partition coefficient (Wildman–Crippen LogP) is 0.111. The van der Waals surface area contributed by atoms with E-state index in [9.17, 15) is 9.59 Å². The molecule has 0 bridgehead atoms. The molecule has 0 amide bonds. The molecule has 1 aliphatic rings. The number of methoxy groups -OCH3 is 1. The van der Waals surface area contributed by atoms with Gasteiger partial charge in [-0.15, -0.1) is 0 Å². The summed E-state index contributed by atoms with van der Waals surface area (Å²) in [5, 5.41) is 0. The van der Waals surface area contributed by atoms with Gasteiger partial charge in [-0.1, -0.05) is 6.92 Å². The first-order valence-electron chi connectivity index (χ1n) is 3.43. The fourth-order valence-corrected chi connectivity index (χ4v) is 0.998. The minimum Gasteiger partial charge on any atom is -0.466 e. The molecule has 0 aromatic heterocycles. The van der Waals surface area contributed by atoms with Gasteiger partial charge in [0.25, 0.3) is 0 Å². The molecule has 11 heavy (non-hydrogen) atoms. The third-order valence-electron chi connectivity index (χ3n) is 1.69. The Balaban J connectivity index is 2.53. The van der Waals surface area contributed by atoms with Crippen molar-refractivity contribution in [2.24, 2.45) is 5.92 Å². The lowest BCUT2D eigenvalue weighted by Crippen LogP contribution is -2.21. The average molecular weight is 158 g/mol. The Morgan fingerprint density at radius 2 is 2.36 bits per heavy atom. The van der Waals surface area contributed by atoms with Crippen LogP contribution in [0.15, 0.2) is 0 Å². The van der Waals surface area contributed by atoms with Crippen LogP contribution in [0, 0.1) is 5.92 Å². The first-order valence-corrected chi connectivity index (χ1v) is 3.43. The lowest BCUT2D eigenvalue weighted by Gasteiger charge is -2.04. The molecule has 1 fully saturated rings. The van der Waals surface area contributed by atoms with Crippen LogP contribution in [0.25, 0.3) is 0 Å². The molecule has 0 aliphatic carbocycles. The minimum absolute atomic E-state index is 0.181. The van der Waals surface area contributed by atoms with E-state index in [4.69, 9.17) is 4.74 Å². The van der Waals surface area contributed by atoms with E-state index in [-0.39, 0.29) is 11.9 Å². The van der Waals surface area contributed by atoms with Gasteiger partial charge in [0.1, 0.15) is 0 Å². The Morgan fingerprint density at radius 3 is 2.73 bits per heavy atom. The molecule has 4 nitrogen and oxygen atoms in total. The zero-order valence-corrected chi connectivity index (χ0v) is 6.49. The van der Waals surface area contributed by atoms with Gasteiger partial charge in [0.2, 0.25) is 0 Å². The van der Waals surface area contributed by atoms with Crippen LogP contribution in [0.1, 0.15) is 13.3 Å². The fourth-order valence-electron chi connectivity index (χ4n) is 0.998. The standard InChI is InChI=1S/C7H10O4/c1-4-3-5(7(9)10-2)11-6(4)8/h4-5H,3H2,1-2H3. The monoisotopic (exact) mass is 158 g/mol. The highest BCUT2D eigenvalue weighted by Crippen LogP contribution is 2.20. The van der Waals surface area contributed by atoms with Crippen LogP contribution in [0.3, 0.4) is 0 Å². The van der Waals surface area contributed by atoms with Crippen molar-refractivity contribution in [1.29, 1.82) is 0 Å². The van der Waals surface area contributed by atoms with E-state index in [1.165, 1.54) is 7.11 Å². The second-order valence-electron chi connectivity index (χ2n) is 2.59. The van der Waals surface area contributed by atoms with Crippen molar-refractivity contribution in [3.63, 3.8) is 0 Å². The summed E-state index contributed by atoms with van der Waals surface area (Å²) in [5.74, 6) is -0.970. The summed E-state index contributed by atoms with van der Waals surface area (Å²) >= 11 is 0. The largest absolute Gasteiger partial charge is 0.466 e. The first-order chi connectivity index (χ1) is 5.15. The second kappa shape index (κ2) is 2.90. The summed E-state index contributed by atoms with van der Waals surface area (Å²) in [6, 6.07) is 0. The molecule has 1 rings (SSSR count). The van der Waals surface area contributed by atoms with Crippen LogP contribution in [0.2, 0.25) is 0 Å². The Bertz CT molecular complexity index is 187. The summed E-state index contributed by atoms with van der Waals surface area (Å²) in [7, 11) is 1.28. The Kier molecular flexibility index (Phi) is 2.12. The number of hydrogen-bond donors (Lipinski definition) is 0. The molecule has 0 aromatic rings. The second-order valence-corrected chi connectivity index (χ2v) is 2.59. The van der Waals surface area contributed by atoms with Gasteiger partial charge >= 0.3 is 11.9 Å². The van der Waals surface area contributed by atoms with E-state index in [1.54, 1.807) is 6.92 Å². The number of rotatable bonds is 1. The van der Waals surface area contributed by atoms with E-state index in [0.29, 0.717) is 6.42 Å². The summed E-state index contributed by atoms with van der Waals surface area (Å²) in [6.07, 6.45) is -0.242. The fraction of sp³-hybridized carbons (Fsp3) is 0.714. The van der Waals surface area contributed by atoms with Gasteiger partial charge in [-0.25, -0.2) is 4.79 Å². The van der Waals surface area contributed by atoms with Crippen LogP contribution in [-0.4, -0.2) is 25.2 Å². The smallest absolute Gasteiger partial charge is 0.347 e. The Labute approximate surface area is 64.5 Å². The number of hydrogen-bond acceptors (Lipinski definition) is 4. The van der Waals surface area contributed by atoms with Crippen LogP contribution in [-0.2, 0) is 19.1 Å². The molecule has 0 aromatic carbocycles. The highest BCUT2D eigenvalue weighted by atomic mass is 16.6. The number of carbonyl (C=O) groups excluding carboxylic acids is 2. The highest BCUT2D eigenvalue weighted by Gasteiger charge is 2.36. The van der Waals surface area contributed by atoms with Crippen molar-refractivity contribution in [2.45, 2.75) is 19.4 Å². The third-order valence-corrected chi connectivity index (χ3v) is 1.69. The van der Waals surface area contributed by atoms with Crippen molar-refractivity contribution < 1.29 is 19.1 Å². The molecule has 4 heteroatoms. The SMILES string of the molecule is COC(=O)C1CC(C)C(=O)O1. The molecular formula is C7H10O4. The molecule has 1 saturated heterocycles. The van der Waals surface area contributed by atoms with E-state index >= 15 is 0 Å². The molecule has 0 saturated carbocycles. The number of carbonyl (C=O) groups is 2. The zero-order chi connectivity index (χ0) is 8.43. The van der Waals surface area contributed by atoms with Crippen LogP contribution >= 0.6 is 0 Å². The quantitative estimate of drug-likeness (QED) is 0.508. The molecule has 62 valence electrons. The maximum atomic E-state index is 10.8. The van der Waals surface area contributed by atoms with Gasteiger partial charge in [-0.05, 0) is 0 Å². The van der Waals surface area contributed by atoms with Crippen molar-refractivity contribution >= 4 is 11.9 Å². The number of ether oxygens (including phenoxy) is 2. The number of cyclic esters (lactones) is 1. The molecule has 2 atom stereocenters. The van der Waals surface area contributed by atoms with Crippen LogP contribution in [0.4, 0.5) is 0 Å². The van der Waals surface area contributed by atoms with E-state index < -0.39 is 12.1 Å². The number of esters is 2. The lowest BCUT2D eigenvalue weighted by atomic mass is 10.1. The Morgan fingerprint density at radius 1 is 1.73 bits per heavy atom. The molecule has 2 unspecified atom stereocenters. The molecule has 0 spiro atoms. The molecular weight excluding hydrogens is 148 g/mol.